The fraction of sp³-hybridized carbons (Fsp3) is 0.375. The summed E-state index contributed by atoms with van der Waals surface area (Å²) in [7, 11) is 0. The van der Waals surface area contributed by atoms with Gasteiger partial charge in [0.2, 0.25) is 0 Å². The van der Waals surface area contributed by atoms with Crippen molar-refractivity contribution in [1.29, 1.82) is 0 Å². The molecule has 66 valence electrons. The maximum Gasteiger partial charge on any atom is 0.252 e. The predicted molar refractivity (Wildman–Crippen MR) is 55.0 cm³/mol. The molecule has 2 nitrogen and oxygen atoms in total. The van der Waals surface area contributed by atoms with E-state index in [1.807, 2.05) is 23.8 Å². The van der Waals surface area contributed by atoms with Crippen molar-refractivity contribution in [3.05, 3.63) is 22.4 Å². The van der Waals surface area contributed by atoms with Crippen LogP contribution >= 0.6 is 27.3 Å². The van der Waals surface area contributed by atoms with Gasteiger partial charge in [0.1, 0.15) is 0 Å². The van der Waals surface area contributed by atoms with Crippen LogP contribution in [0.5, 0.6) is 0 Å². The molecule has 4 heteroatoms. The molecule has 1 N–H and O–H groups in total. The van der Waals surface area contributed by atoms with E-state index in [4.69, 9.17) is 0 Å². The summed E-state index contributed by atoms with van der Waals surface area (Å²) in [5.74, 6) is 0.00236. The molecule has 1 rings (SSSR count). The summed E-state index contributed by atoms with van der Waals surface area (Å²) in [6.07, 6.45) is 0. The smallest absolute Gasteiger partial charge is 0.252 e. The van der Waals surface area contributed by atoms with Crippen LogP contribution in [0.1, 0.15) is 17.3 Å². The first kappa shape index (κ1) is 9.74. The van der Waals surface area contributed by atoms with Gasteiger partial charge in [-0.3, -0.25) is 4.79 Å². The predicted octanol–water partition coefficient (Wildman–Crippen LogP) is 2.26. The molecule has 0 fully saturated rings. The Morgan fingerprint density at radius 1 is 1.83 bits per heavy atom. The van der Waals surface area contributed by atoms with E-state index in [2.05, 4.69) is 21.2 Å². The number of thiophene rings is 1. The molecule has 1 amide bonds. The van der Waals surface area contributed by atoms with E-state index in [0.29, 0.717) is 11.4 Å². The van der Waals surface area contributed by atoms with Crippen molar-refractivity contribution in [2.75, 3.05) is 6.54 Å². The van der Waals surface area contributed by atoms with Gasteiger partial charge in [-0.1, -0.05) is 22.9 Å². The molecule has 1 aromatic heterocycles. The molecule has 0 saturated carbocycles. The van der Waals surface area contributed by atoms with Gasteiger partial charge in [0.05, 0.1) is 0 Å². The minimum Gasteiger partial charge on any atom is -0.351 e. The number of rotatable bonds is 3. The van der Waals surface area contributed by atoms with Gasteiger partial charge in [-0.25, -0.2) is 0 Å². The lowest BCUT2D eigenvalue weighted by molar-refractivity contribution is 0.0955. The third kappa shape index (κ3) is 2.95. The molecule has 0 aliphatic rings. The van der Waals surface area contributed by atoms with Gasteiger partial charge in [0, 0.05) is 22.3 Å². The number of nitrogens with one attached hydrogen (secondary N) is 1. The molecule has 0 aliphatic carbocycles. The maximum absolute atomic E-state index is 11.3. The Morgan fingerprint density at radius 2 is 2.58 bits per heavy atom. The van der Waals surface area contributed by atoms with Crippen LogP contribution in [0.25, 0.3) is 0 Å². The van der Waals surface area contributed by atoms with E-state index in [1.54, 1.807) is 0 Å². The van der Waals surface area contributed by atoms with Gasteiger partial charge < -0.3 is 5.32 Å². The minimum absolute atomic E-state index is 0.00236. The van der Waals surface area contributed by atoms with Gasteiger partial charge in [0.15, 0.2) is 0 Å². The van der Waals surface area contributed by atoms with E-state index in [9.17, 15) is 4.79 Å². The Balaban J connectivity index is 2.40. The third-order valence-electron chi connectivity index (χ3n) is 1.33. The zero-order valence-electron chi connectivity index (χ0n) is 6.71. The van der Waals surface area contributed by atoms with Crippen molar-refractivity contribution < 1.29 is 4.79 Å². The van der Waals surface area contributed by atoms with E-state index < -0.39 is 0 Å². The molecule has 0 aliphatic heterocycles. The number of alkyl halides is 1. The average Bonchev–Trinajstić information content (AvgIpc) is 2.51. The van der Waals surface area contributed by atoms with E-state index in [-0.39, 0.29) is 5.91 Å². The van der Waals surface area contributed by atoms with Crippen LogP contribution in [0.2, 0.25) is 0 Å². The minimum atomic E-state index is 0.00236. The Kier molecular flexibility index (Phi) is 3.75. The van der Waals surface area contributed by atoms with Crippen LogP contribution in [0.3, 0.4) is 0 Å². The second-order valence-corrected chi connectivity index (χ2v) is 4.85. The molecule has 0 aromatic carbocycles. The quantitative estimate of drug-likeness (QED) is 0.817. The summed E-state index contributed by atoms with van der Waals surface area (Å²) in [5.41, 5.74) is 0.744. The summed E-state index contributed by atoms with van der Waals surface area (Å²) in [6.45, 7) is 2.66. The number of amides is 1. The Bertz CT molecular complexity index is 246. The summed E-state index contributed by atoms with van der Waals surface area (Å²) in [4.78, 5) is 11.6. The van der Waals surface area contributed by atoms with E-state index in [1.165, 1.54) is 11.3 Å². The third-order valence-corrected chi connectivity index (χ3v) is 2.33. The van der Waals surface area contributed by atoms with Crippen LogP contribution in [-0.4, -0.2) is 17.3 Å². The second kappa shape index (κ2) is 4.62. The van der Waals surface area contributed by atoms with Gasteiger partial charge in [0.25, 0.3) is 5.91 Å². The van der Waals surface area contributed by atoms with Gasteiger partial charge in [-0.15, -0.1) is 0 Å². The van der Waals surface area contributed by atoms with Crippen LogP contribution in [0.4, 0.5) is 0 Å². The molecular formula is C8H10BrNOS. The highest BCUT2D eigenvalue weighted by Crippen LogP contribution is 2.05. The maximum atomic E-state index is 11.3. The van der Waals surface area contributed by atoms with Crippen LogP contribution < -0.4 is 5.32 Å². The standard InChI is InChI=1S/C8H10BrNOS/c1-6(9)4-10-8(11)7-2-3-12-5-7/h2-3,5-6H,4H2,1H3,(H,10,11). The molecular weight excluding hydrogens is 238 g/mol. The van der Waals surface area contributed by atoms with Crippen molar-refractivity contribution in [2.45, 2.75) is 11.8 Å². The first-order valence-corrected chi connectivity index (χ1v) is 5.50. The van der Waals surface area contributed by atoms with Gasteiger partial charge >= 0.3 is 0 Å². The number of hydrogen-bond acceptors (Lipinski definition) is 2. The monoisotopic (exact) mass is 247 g/mol. The topological polar surface area (TPSA) is 29.1 Å². The van der Waals surface area contributed by atoms with E-state index in [0.717, 1.165) is 5.56 Å². The molecule has 0 saturated heterocycles. The van der Waals surface area contributed by atoms with E-state index >= 15 is 0 Å². The number of halogens is 1. The number of carbonyl (C=O) groups excluding carboxylic acids is 1. The fourth-order valence-electron chi connectivity index (χ4n) is 0.729. The molecule has 1 unspecified atom stereocenters. The first-order chi connectivity index (χ1) is 5.70. The molecule has 0 bridgehead atoms. The van der Waals surface area contributed by atoms with Crippen LogP contribution in [0, 0.1) is 0 Å². The Labute approximate surface area is 84.1 Å². The highest BCUT2D eigenvalue weighted by atomic mass is 79.9. The number of carbonyl (C=O) groups is 1. The SMILES string of the molecule is CC(Br)CNC(=O)c1ccsc1. The lowest BCUT2D eigenvalue weighted by atomic mass is 10.3. The molecule has 0 radical (unpaired) electrons. The largest absolute Gasteiger partial charge is 0.351 e. The zero-order chi connectivity index (χ0) is 8.97. The van der Waals surface area contributed by atoms with Crippen molar-refractivity contribution in [3.8, 4) is 0 Å². The molecule has 1 atom stereocenters. The Hall–Kier alpha value is -0.350. The molecule has 0 spiro atoms. The molecule has 1 aromatic rings. The summed E-state index contributed by atoms with van der Waals surface area (Å²) in [5, 5.41) is 6.54. The second-order valence-electron chi connectivity index (χ2n) is 2.50. The Morgan fingerprint density at radius 3 is 3.08 bits per heavy atom. The zero-order valence-corrected chi connectivity index (χ0v) is 9.11. The van der Waals surface area contributed by atoms with Crippen molar-refractivity contribution in [1.82, 2.24) is 5.32 Å². The summed E-state index contributed by atoms with van der Waals surface area (Å²) in [6, 6.07) is 1.82. The summed E-state index contributed by atoms with van der Waals surface area (Å²) < 4.78 is 0. The normalized spacial score (nSPS) is 12.5. The van der Waals surface area contributed by atoms with Crippen molar-refractivity contribution in [3.63, 3.8) is 0 Å². The lowest BCUT2D eigenvalue weighted by Gasteiger charge is -2.04. The van der Waals surface area contributed by atoms with Crippen molar-refractivity contribution in [2.24, 2.45) is 0 Å². The fourth-order valence-corrected chi connectivity index (χ4v) is 1.53. The van der Waals surface area contributed by atoms with Crippen LogP contribution in [0.15, 0.2) is 16.8 Å². The van der Waals surface area contributed by atoms with Gasteiger partial charge in [-0.2, -0.15) is 11.3 Å². The molecule has 12 heavy (non-hydrogen) atoms. The first-order valence-electron chi connectivity index (χ1n) is 3.64. The number of hydrogen-bond donors (Lipinski definition) is 1. The van der Waals surface area contributed by atoms with Crippen molar-refractivity contribution >= 4 is 33.2 Å². The average molecular weight is 248 g/mol. The van der Waals surface area contributed by atoms with Gasteiger partial charge in [-0.05, 0) is 11.4 Å². The summed E-state index contributed by atoms with van der Waals surface area (Å²) >= 11 is 4.88. The molecule has 1 heterocycles. The highest BCUT2D eigenvalue weighted by Gasteiger charge is 2.05. The highest BCUT2D eigenvalue weighted by molar-refractivity contribution is 9.09. The van der Waals surface area contributed by atoms with Crippen LogP contribution in [-0.2, 0) is 0 Å². The lowest BCUT2D eigenvalue weighted by Crippen LogP contribution is -2.27.